The van der Waals surface area contributed by atoms with E-state index in [1.165, 1.54) is 0 Å². The van der Waals surface area contributed by atoms with Crippen LogP contribution in [0.5, 0.6) is 0 Å². The second-order valence-corrected chi connectivity index (χ2v) is 6.88. The van der Waals surface area contributed by atoms with Crippen LogP contribution in [0.4, 0.5) is 21.3 Å². The highest BCUT2D eigenvalue weighted by Gasteiger charge is 2.05. The van der Waals surface area contributed by atoms with Crippen molar-refractivity contribution >= 4 is 44.1 Å². The number of benzene rings is 2. The monoisotopic (exact) mass is 375 g/mol. The number of hydrogen-bond acceptors (Lipinski definition) is 5. The van der Waals surface area contributed by atoms with E-state index < -0.39 is 0 Å². The molecule has 0 spiro atoms. The SMILES string of the molecule is O=C(NCc1ccncc1)Nc1ccc(Nc2nc3ccccc3s2)cc1. The van der Waals surface area contributed by atoms with Gasteiger partial charge in [0.05, 0.1) is 10.2 Å². The zero-order chi connectivity index (χ0) is 18.5. The number of fused-ring (bicyclic) bond motifs is 1. The lowest BCUT2D eigenvalue weighted by atomic mass is 10.2. The summed E-state index contributed by atoms with van der Waals surface area (Å²) in [5.41, 5.74) is 3.61. The average Bonchev–Trinajstić information content (AvgIpc) is 3.11. The maximum absolute atomic E-state index is 12.0. The Labute approximate surface area is 160 Å². The Morgan fingerprint density at radius 3 is 2.44 bits per heavy atom. The van der Waals surface area contributed by atoms with Gasteiger partial charge >= 0.3 is 6.03 Å². The number of pyridine rings is 1. The molecule has 3 N–H and O–H groups in total. The first-order valence-electron chi connectivity index (χ1n) is 8.43. The summed E-state index contributed by atoms with van der Waals surface area (Å²) in [6.45, 7) is 0.450. The molecule has 4 rings (SSSR count). The van der Waals surface area contributed by atoms with Crippen LogP contribution in [0, 0.1) is 0 Å². The topological polar surface area (TPSA) is 78.9 Å². The van der Waals surface area contributed by atoms with Crippen LogP contribution in [0.25, 0.3) is 10.2 Å². The Morgan fingerprint density at radius 2 is 1.67 bits per heavy atom. The van der Waals surface area contributed by atoms with Gasteiger partial charge in [-0.1, -0.05) is 23.5 Å². The Bertz CT molecular complexity index is 1010. The van der Waals surface area contributed by atoms with E-state index in [2.05, 4.69) is 32.0 Å². The molecule has 2 heterocycles. The van der Waals surface area contributed by atoms with Gasteiger partial charge in [-0.2, -0.15) is 0 Å². The van der Waals surface area contributed by atoms with Crippen LogP contribution >= 0.6 is 11.3 Å². The van der Waals surface area contributed by atoms with Gasteiger partial charge in [0.25, 0.3) is 0 Å². The van der Waals surface area contributed by atoms with Gasteiger partial charge in [0.15, 0.2) is 5.13 Å². The highest BCUT2D eigenvalue weighted by molar-refractivity contribution is 7.22. The van der Waals surface area contributed by atoms with E-state index in [4.69, 9.17) is 0 Å². The Morgan fingerprint density at radius 1 is 0.926 bits per heavy atom. The molecule has 0 aliphatic rings. The minimum Gasteiger partial charge on any atom is -0.334 e. The molecule has 0 atom stereocenters. The second-order valence-electron chi connectivity index (χ2n) is 5.85. The fourth-order valence-corrected chi connectivity index (χ4v) is 3.43. The number of anilines is 3. The fourth-order valence-electron chi connectivity index (χ4n) is 2.54. The van der Waals surface area contributed by atoms with Crippen LogP contribution in [0.2, 0.25) is 0 Å². The molecule has 134 valence electrons. The van der Waals surface area contributed by atoms with Crippen molar-refractivity contribution in [3.8, 4) is 0 Å². The summed E-state index contributed by atoms with van der Waals surface area (Å²) >= 11 is 1.61. The molecule has 27 heavy (non-hydrogen) atoms. The summed E-state index contributed by atoms with van der Waals surface area (Å²) in [6.07, 6.45) is 3.40. The van der Waals surface area contributed by atoms with Crippen molar-refractivity contribution in [1.82, 2.24) is 15.3 Å². The predicted octanol–water partition coefficient (Wildman–Crippen LogP) is 4.76. The van der Waals surface area contributed by atoms with Crippen LogP contribution in [0.3, 0.4) is 0 Å². The smallest absolute Gasteiger partial charge is 0.319 e. The van der Waals surface area contributed by atoms with Crippen molar-refractivity contribution < 1.29 is 4.79 Å². The number of thiazole rings is 1. The van der Waals surface area contributed by atoms with Crippen molar-refractivity contribution in [3.63, 3.8) is 0 Å². The van der Waals surface area contributed by atoms with Crippen molar-refractivity contribution in [2.24, 2.45) is 0 Å². The molecule has 2 amide bonds. The zero-order valence-corrected chi connectivity index (χ0v) is 15.2. The van der Waals surface area contributed by atoms with Gasteiger partial charge in [0.2, 0.25) is 0 Å². The summed E-state index contributed by atoms with van der Waals surface area (Å²) in [7, 11) is 0. The molecule has 0 bridgehead atoms. The number of para-hydroxylation sites is 1. The largest absolute Gasteiger partial charge is 0.334 e. The summed E-state index contributed by atoms with van der Waals surface area (Å²) in [4.78, 5) is 20.5. The highest BCUT2D eigenvalue weighted by atomic mass is 32.1. The van der Waals surface area contributed by atoms with Crippen molar-refractivity contribution in [3.05, 3.63) is 78.6 Å². The average molecular weight is 375 g/mol. The summed E-state index contributed by atoms with van der Waals surface area (Å²) < 4.78 is 1.14. The molecule has 2 aromatic heterocycles. The number of amides is 2. The summed E-state index contributed by atoms with van der Waals surface area (Å²) in [6, 6.07) is 19.0. The number of urea groups is 1. The van der Waals surface area contributed by atoms with Crippen molar-refractivity contribution in [2.45, 2.75) is 6.54 Å². The van der Waals surface area contributed by atoms with Crippen LogP contribution in [0.15, 0.2) is 73.1 Å². The van der Waals surface area contributed by atoms with Gasteiger partial charge in [-0.05, 0) is 54.1 Å². The Hall–Kier alpha value is -3.45. The van der Waals surface area contributed by atoms with E-state index >= 15 is 0 Å². The zero-order valence-electron chi connectivity index (χ0n) is 14.3. The van der Waals surface area contributed by atoms with E-state index in [1.54, 1.807) is 23.7 Å². The van der Waals surface area contributed by atoms with E-state index in [0.29, 0.717) is 6.54 Å². The number of hydrogen-bond donors (Lipinski definition) is 3. The molecule has 0 aliphatic heterocycles. The maximum Gasteiger partial charge on any atom is 0.319 e. The molecule has 0 aliphatic carbocycles. The number of nitrogens with one attached hydrogen (secondary N) is 3. The Balaban J connectivity index is 1.33. The number of nitrogens with zero attached hydrogens (tertiary/aromatic N) is 2. The molecule has 4 aromatic rings. The van der Waals surface area contributed by atoms with Crippen LogP contribution < -0.4 is 16.0 Å². The minimum atomic E-state index is -0.251. The highest BCUT2D eigenvalue weighted by Crippen LogP contribution is 2.28. The molecular weight excluding hydrogens is 358 g/mol. The molecular formula is C20H17N5OS. The van der Waals surface area contributed by atoms with Gasteiger partial charge in [-0.15, -0.1) is 0 Å². The van der Waals surface area contributed by atoms with E-state index in [1.807, 2.05) is 54.6 Å². The lowest BCUT2D eigenvalue weighted by Gasteiger charge is -2.08. The van der Waals surface area contributed by atoms with E-state index in [9.17, 15) is 4.79 Å². The standard InChI is InChI=1S/C20H17N5OS/c26-19(22-13-14-9-11-21-12-10-14)23-15-5-7-16(8-6-15)24-20-25-17-3-1-2-4-18(17)27-20/h1-12H,13H2,(H,24,25)(H2,22,23,26). The third-order valence-corrected chi connectivity index (χ3v) is 4.84. The fraction of sp³-hybridized carbons (Fsp3) is 0.0500. The van der Waals surface area contributed by atoms with E-state index in [-0.39, 0.29) is 6.03 Å². The first kappa shape index (κ1) is 17.0. The van der Waals surface area contributed by atoms with Crippen molar-refractivity contribution in [2.75, 3.05) is 10.6 Å². The third-order valence-electron chi connectivity index (χ3n) is 3.89. The van der Waals surface area contributed by atoms with Crippen LogP contribution in [-0.2, 0) is 6.54 Å². The lowest BCUT2D eigenvalue weighted by Crippen LogP contribution is -2.28. The molecule has 0 radical (unpaired) electrons. The first-order chi connectivity index (χ1) is 13.3. The number of carbonyl (C=O) groups excluding carboxylic acids is 1. The molecule has 6 nitrogen and oxygen atoms in total. The molecule has 2 aromatic carbocycles. The number of rotatable bonds is 5. The van der Waals surface area contributed by atoms with E-state index in [0.717, 1.165) is 32.3 Å². The van der Waals surface area contributed by atoms with Crippen molar-refractivity contribution in [1.29, 1.82) is 0 Å². The van der Waals surface area contributed by atoms with Gasteiger partial charge < -0.3 is 16.0 Å². The minimum absolute atomic E-state index is 0.251. The third kappa shape index (κ3) is 4.39. The van der Waals surface area contributed by atoms with Crippen LogP contribution in [0.1, 0.15) is 5.56 Å². The second kappa shape index (κ2) is 7.84. The Kier molecular flexibility index (Phi) is 4.93. The number of aromatic nitrogens is 2. The quantitative estimate of drug-likeness (QED) is 0.470. The predicted molar refractivity (Wildman–Crippen MR) is 109 cm³/mol. The summed E-state index contributed by atoms with van der Waals surface area (Å²) in [5.74, 6) is 0. The maximum atomic E-state index is 12.0. The lowest BCUT2D eigenvalue weighted by molar-refractivity contribution is 0.251. The first-order valence-corrected chi connectivity index (χ1v) is 9.24. The van der Waals surface area contributed by atoms with Gasteiger partial charge in [0, 0.05) is 30.3 Å². The molecule has 7 heteroatoms. The number of carbonyl (C=O) groups is 1. The summed E-state index contributed by atoms with van der Waals surface area (Å²) in [5, 5.41) is 9.77. The molecule has 0 fully saturated rings. The molecule has 0 saturated heterocycles. The van der Waals surface area contributed by atoms with Gasteiger partial charge in [-0.3, -0.25) is 4.98 Å². The van der Waals surface area contributed by atoms with Crippen LogP contribution in [-0.4, -0.2) is 16.0 Å². The normalized spacial score (nSPS) is 10.5. The molecule has 0 saturated carbocycles. The van der Waals surface area contributed by atoms with Gasteiger partial charge in [0.1, 0.15) is 0 Å². The van der Waals surface area contributed by atoms with Gasteiger partial charge in [-0.25, -0.2) is 9.78 Å². The molecule has 0 unspecified atom stereocenters.